The van der Waals surface area contributed by atoms with Crippen LogP contribution >= 0.6 is 0 Å². The Balaban J connectivity index is 1.55. The molecule has 0 spiro atoms. The molecule has 2 aromatic carbocycles. The topological polar surface area (TPSA) is 32.8 Å². The van der Waals surface area contributed by atoms with Crippen molar-refractivity contribution in [3.63, 3.8) is 0 Å². The van der Waals surface area contributed by atoms with Gasteiger partial charge in [-0.25, -0.2) is 0 Å². The molecule has 2 aromatic rings. The molecule has 0 radical (unpaired) electrons. The van der Waals surface area contributed by atoms with Crippen LogP contribution in [0.5, 0.6) is 5.75 Å². The van der Waals surface area contributed by atoms with Crippen molar-refractivity contribution in [1.29, 1.82) is 0 Å². The third-order valence-corrected chi connectivity index (χ3v) is 5.14. The molecule has 0 aliphatic carbocycles. The van der Waals surface area contributed by atoms with E-state index in [1.165, 1.54) is 16.8 Å². The van der Waals surface area contributed by atoms with Crippen molar-refractivity contribution in [1.82, 2.24) is 4.90 Å². The lowest BCUT2D eigenvalue weighted by atomic mass is 10.1. The highest BCUT2D eigenvalue weighted by Gasteiger charge is 2.21. The summed E-state index contributed by atoms with van der Waals surface area (Å²) in [6, 6.07) is 13.9. The van der Waals surface area contributed by atoms with E-state index < -0.39 is 0 Å². The largest absolute Gasteiger partial charge is 0.494 e. The number of carbonyl (C=O) groups is 1. The highest BCUT2D eigenvalue weighted by Crippen LogP contribution is 2.24. The molecule has 3 rings (SSSR count). The van der Waals surface area contributed by atoms with Crippen molar-refractivity contribution < 1.29 is 9.53 Å². The number of nitrogens with zero attached hydrogens (tertiary/aromatic N) is 2. The van der Waals surface area contributed by atoms with Crippen molar-refractivity contribution in [2.75, 3.05) is 44.2 Å². The molecule has 4 heteroatoms. The number of piperazine rings is 1. The normalized spacial score (nSPS) is 15.1. The fraction of sp³-hybridized carbons (Fsp3) is 0.409. The first-order valence-electron chi connectivity index (χ1n) is 9.38. The average Bonchev–Trinajstić information content (AvgIpc) is 2.66. The van der Waals surface area contributed by atoms with Gasteiger partial charge in [-0.1, -0.05) is 12.1 Å². The molecule has 0 N–H and O–H groups in total. The lowest BCUT2D eigenvalue weighted by Gasteiger charge is -2.36. The molecule has 138 valence electrons. The SMILES string of the molecule is CCOc1ccc(C(=O)CN2CCN(c3cccc(C)c3C)CC2)cc1. The van der Waals surface area contributed by atoms with Crippen LogP contribution in [0.15, 0.2) is 42.5 Å². The van der Waals surface area contributed by atoms with Crippen LogP contribution in [-0.2, 0) is 0 Å². The van der Waals surface area contributed by atoms with Gasteiger partial charge in [-0.15, -0.1) is 0 Å². The highest BCUT2D eigenvalue weighted by molar-refractivity contribution is 5.97. The summed E-state index contributed by atoms with van der Waals surface area (Å²) in [5.74, 6) is 0.986. The Morgan fingerprint density at radius 1 is 1.00 bits per heavy atom. The summed E-state index contributed by atoms with van der Waals surface area (Å²) in [6.07, 6.45) is 0. The number of carbonyl (C=O) groups excluding carboxylic acids is 1. The summed E-state index contributed by atoms with van der Waals surface area (Å²) in [4.78, 5) is 17.2. The van der Waals surface area contributed by atoms with Crippen molar-refractivity contribution in [2.24, 2.45) is 0 Å². The standard InChI is InChI=1S/C22H28N2O2/c1-4-26-20-10-8-19(9-11-20)22(25)16-23-12-14-24(15-13-23)21-7-5-6-17(2)18(21)3/h5-11H,4,12-16H2,1-3H3. The van der Waals surface area contributed by atoms with Gasteiger partial charge >= 0.3 is 0 Å². The highest BCUT2D eigenvalue weighted by atomic mass is 16.5. The second kappa shape index (κ2) is 8.37. The number of hydrogen-bond donors (Lipinski definition) is 0. The van der Waals surface area contributed by atoms with Crippen LogP contribution in [-0.4, -0.2) is 50.0 Å². The number of anilines is 1. The third kappa shape index (κ3) is 4.25. The van der Waals surface area contributed by atoms with Gasteiger partial charge < -0.3 is 9.64 Å². The maximum atomic E-state index is 12.5. The molecule has 0 unspecified atom stereocenters. The Hall–Kier alpha value is -2.33. The summed E-state index contributed by atoms with van der Waals surface area (Å²) in [5.41, 5.74) is 4.76. The van der Waals surface area contributed by atoms with Gasteiger partial charge in [0.25, 0.3) is 0 Å². The van der Waals surface area contributed by atoms with Gasteiger partial charge in [0, 0.05) is 37.4 Å². The first-order chi connectivity index (χ1) is 12.6. The predicted molar refractivity (Wildman–Crippen MR) is 107 cm³/mol. The summed E-state index contributed by atoms with van der Waals surface area (Å²) in [6.45, 7) is 11.2. The monoisotopic (exact) mass is 352 g/mol. The van der Waals surface area contributed by atoms with E-state index in [0.717, 1.165) is 37.5 Å². The fourth-order valence-electron chi connectivity index (χ4n) is 3.42. The summed E-state index contributed by atoms with van der Waals surface area (Å²) in [7, 11) is 0. The van der Waals surface area contributed by atoms with E-state index in [2.05, 4.69) is 41.8 Å². The van der Waals surface area contributed by atoms with Crippen LogP contribution in [0.1, 0.15) is 28.4 Å². The van der Waals surface area contributed by atoms with E-state index in [0.29, 0.717) is 13.2 Å². The number of ether oxygens (including phenoxy) is 1. The molecule has 0 aromatic heterocycles. The van der Waals surface area contributed by atoms with Crippen LogP contribution in [0.25, 0.3) is 0 Å². The zero-order chi connectivity index (χ0) is 18.5. The lowest BCUT2D eigenvalue weighted by molar-refractivity contribution is 0.0926. The van der Waals surface area contributed by atoms with E-state index >= 15 is 0 Å². The minimum atomic E-state index is 0.174. The van der Waals surface area contributed by atoms with E-state index in [-0.39, 0.29) is 5.78 Å². The second-order valence-electron chi connectivity index (χ2n) is 6.86. The van der Waals surface area contributed by atoms with E-state index in [4.69, 9.17) is 4.74 Å². The van der Waals surface area contributed by atoms with Gasteiger partial charge in [-0.05, 0) is 62.2 Å². The maximum Gasteiger partial charge on any atom is 0.176 e. The lowest BCUT2D eigenvalue weighted by Crippen LogP contribution is -2.48. The van der Waals surface area contributed by atoms with Crippen molar-refractivity contribution in [3.8, 4) is 5.75 Å². The van der Waals surface area contributed by atoms with Gasteiger partial charge in [0.2, 0.25) is 0 Å². The Kier molecular flexibility index (Phi) is 5.94. The minimum Gasteiger partial charge on any atom is -0.494 e. The predicted octanol–water partition coefficient (Wildman–Crippen LogP) is 3.71. The Labute approximate surface area is 156 Å². The van der Waals surface area contributed by atoms with Gasteiger partial charge in [0.15, 0.2) is 5.78 Å². The maximum absolute atomic E-state index is 12.5. The van der Waals surface area contributed by atoms with Gasteiger partial charge in [-0.2, -0.15) is 0 Å². The first kappa shape index (κ1) is 18.5. The van der Waals surface area contributed by atoms with E-state index in [1.807, 2.05) is 31.2 Å². The number of aryl methyl sites for hydroxylation is 1. The molecule has 0 atom stereocenters. The number of benzene rings is 2. The zero-order valence-corrected chi connectivity index (χ0v) is 16.0. The van der Waals surface area contributed by atoms with E-state index in [1.54, 1.807) is 0 Å². The van der Waals surface area contributed by atoms with Gasteiger partial charge in [-0.3, -0.25) is 9.69 Å². The number of ketones is 1. The van der Waals surface area contributed by atoms with Crippen LogP contribution in [0.4, 0.5) is 5.69 Å². The average molecular weight is 352 g/mol. The molecule has 26 heavy (non-hydrogen) atoms. The molecule has 0 saturated carbocycles. The third-order valence-electron chi connectivity index (χ3n) is 5.14. The Bertz CT molecular complexity index is 747. The second-order valence-corrected chi connectivity index (χ2v) is 6.86. The Morgan fingerprint density at radius 2 is 1.69 bits per heavy atom. The molecule has 0 bridgehead atoms. The molecular formula is C22H28N2O2. The minimum absolute atomic E-state index is 0.174. The van der Waals surface area contributed by atoms with Crippen LogP contribution < -0.4 is 9.64 Å². The van der Waals surface area contributed by atoms with Gasteiger partial charge in [0.1, 0.15) is 5.75 Å². The van der Waals surface area contributed by atoms with Crippen molar-refractivity contribution in [3.05, 3.63) is 59.2 Å². The molecule has 1 aliphatic rings. The molecule has 1 aliphatic heterocycles. The van der Waals surface area contributed by atoms with Crippen LogP contribution in [0.2, 0.25) is 0 Å². The van der Waals surface area contributed by atoms with Crippen molar-refractivity contribution in [2.45, 2.75) is 20.8 Å². The van der Waals surface area contributed by atoms with Crippen molar-refractivity contribution >= 4 is 11.5 Å². The first-order valence-corrected chi connectivity index (χ1v) is 9.38. The molecule has 1 heterocycles. The number of hydrogen-bond acceptors (Lipinski definition) is 4. The zero-order valence-electron chi connectivity index (χ0n) is 16.0. The molecule has 4 nitrogen and oxygen atoms in total. The molecule has 1 saturated heterocycles. The van der Waals surface area contributed by atoms with Gasteiger partial charge in [0.05, 0.1) is 13.2 Å². The van der Waals surface area contributed by atoms with Crippen LogP contribution in [0, 0.1) is 13.8 Å². The molecule has 0 amide bonds. The van der Waals surface area contributed by atoms with Crippen LogP contribution in [0.3, 0.4) is 0 Å². The summed E-state index contributed by atoms with van der Waals surface area (Å²) < 4.78 is 5.44. The number of rotatable bonds is 6. The quantitative estimate of drug-likeness (QED) is 0.742. The number of Topliss-reactive ketones (excluding diaryl/α,β-unsaturated/α-hetero) is 1. The molecular weight excluding hydrogens is 324 g/mol. The smallest absolute Gasteiger partial charge is 0.176 e. The summed E-state index contributed by atoms with van der Waals surface area (Å²) in [5, 5.41) is 0. The molecule has 1 fully saturated rings. The van der Waals surface area contributed by atoms with E-state index in [9.17, 15) is 4.79 Å². The summed E-state index contributed by atoms with van der Waals surface area (Å²) >= 11 is 0. The Morgan fingerprint density at radius 3 is 2.35 bits per heavy atom. The fourth-order valence-corrected chi connectivity index (χ4v) is 3.42.